The molecule has 0 radical (unpaired) electrons. The summed E-state index contributed by atoms with van der Waals surface area (Å²) in [5.41, 5.74) is 7.33. The topological polar surface area (TPSA) is 95.2 Å². The number of nitrogens with zero attached hydrogens (tertiary/aromatic N) is 5. The molecule has 4 N–H and O–H groups in total. The number of hydrogen-bond donors (Lipinski definition) is 3. The number of rotatable bonds is 13. The predicted molar refractivity (Wildman–Crippen MR) is 198 cm³/mol. The fourth-order valence-electron chi connectivity index (χ4n) is 9.35. The van der Waals surface area contributed by atoms with E-state index in [9.17, 15) is 0 Å². The lowest BCUT2D eigenvalue weighted by atomic mass is 9.60. The highest BCUT2D eigenvalue weighted by Gasteiger charge is 2.47. The van der Waals surface area contributed by atoms with Crippen LogP contribution >= 0.6 is 0 Å². The maximum Gasteiger partial charge on any atom is 0.230 e. The summed E-state index contributed by atoms with van der Waals surface area (Å²) in [5, 5.41) is 7.50. The van der Waals surface area contributed by atoms with Crippen molar-refractivity contribution in [3.63, 3.8) is 0 Å². The lowest BCUT2D eigenvalue weighted by Crippen LogP contribution is -2.61. The van der Waals surface area contributed by atoms with E-state index in [1.807, 2.05) is 6.92 Å². The van der Waals surface area contributed by atoms with Gasteiger partial charge in [0.25, 0.3) is 0 Å². The number of nitrogens with one attached hydrogen (secondary N) is 2. The van der Waals surface area contributed by atoms with Gasteiger partial charge in [-0.3, -0.25) is 0 Å². The molecule has 8 nitrogen and oxygen atoms in total. The van der Waals surface area contributed by atoms with Crippen LogP contribution in [0, 0.1) is 23.2 Å². The molecule has 0 spiro atoms. The number of piperidine rings is 1. The number of anilines is 2. The van der Waals surface area contributed by atoms with Gasteiger partial charge in [0.05, 0.1) is 0 Å². The first-order chi connectivity index (χ1) is 20.8. The minimum absolute atomic E-state index is 0.0326. The van der Waals surface area contributed by atoms with Gasteiger partial charge in [-0.25, -0.2) is 0 Å². The van der Waals surface area contributed by atoms with E-state index in [0.717, 1.165) is 50.5 Å². The Morgan fingerprint density at radius 2 is 1.28 bits per heavy atom. The highest BCUT2D eigenvalue weighted by atomic mass is 15.3. The van der Waals surface area contributed by atoms with Crippen LogP contribution < -0.4 is 21.3 Å². The van der Waals surface area contributed by atoms with Crippen LogP contribution in [0.2, 0.25) is 0 Å². The van der Waals surface area contributed by atoms with Gasteiger partial charge in [0.15, 0.2) is 0 Å². The van der Waals surface area contributed by atoms with Crippen molar-refractivity contribution in [3.8, 4) is 0 Å². The van der Waals surface area contributed by atoms with Crippen LogP contribution in [0.15, 0.2) is 0 Å². The van der Waals surface area contributed by atoms with Gasteiger partial charge in [0, 0.05) is 41.3 Å². The molecule has 46 heavy (non-hydrogen) atoms. The zero-order chi connectivity index (χ0) is 34.9. The van der Waals surface area contributed by atoms with Crippen molar-refractivity contribution in [1.82, 2.24) is 25.2 Å². The molecule has 0 bridgehead atoms. The summed E-state index contributed by atoms with van der Waals surface area (Å²) >= 11 is 0. The Morgan fingerprint density at radius 3 is 1.80 bits per heavy atom. The van der Waals surface area contributed by atoms with Crippen molar-refractivity contribution in [2.45, 2.75) is 189 Å². The molecule has 8 heteroatoms. The van der Waals surface area contributed by atoms with Gasteiger partial charge in [0.2, 0.25) is 11.9 Å². The average Bonchev–Trinajstić information content (AvgIpc) is 2.82. The zero-order valence-corrected chi connectivity index (χ0v) is 32.8. The molecule has 266 valence electrons. The van der Waals surface area contributed by atoms with Gasteiger partial charge in [-0.05, 0) is 123 Å². The van der Waals surface area contributed by atoms with E-state index < -0.39 is 0 Å². The summed E-state index contributed by atoms with van der Waals surface area (Å²) in [6.07, 6.45) is 10.3. The van der Waals surface area contributed by atoms with Gasteiger partial charge >= 0.3 is 0 Å². The standard InChI is InChI=1S/C38H74N8/c1-27-40-31(43-38(13,14)26-33(2,3)4)42-32(41-27)46(29-22-34(5,6)30(39)35(7,8)23-29)21-19-17-16-18-20-45(15)28-24-36(9,10)44-37(11,12)25-28/h28-30,44H,16-26,39H2,1-15H3,(H,40,41,42,43). The maximum absolute atomic E-state index is 6.84. The highest BCUT2D eigenvalue weighted by Crippen LogP contribution is 2.47. The van der Waals surface area contributed by atoms with Crippen LogP contribution in [0.3, 0.4) is 0 Å². The van der Waals surface area contributed by atoms with Crippen molar-refractivity contribution in [2.24, 2.45) is 22.0 Å². The van der Waals surface area contributed by atoms with E-state index >= 15 is 0 Å². The molecular formula is C38H74N8. The van der Waals surface area contributed by atoms with Crippen molar-refractivity contribution in [1.29, 1.82) is 0 Å². The van der Waals surface area contributed by atoms with Crippen LogP contribution in [0.5, 0.6) is 0 Å². The van der Waals surface area contributed by atoms with Crippen LogP contribution in [0.25, 0.3) is 0 Å². The van der Waals surface area contributed by atoms with Gasteiger partial charge in [-0.2, -0.15) is 15.0 Å². The average molecular weight is 643 g/mol. The molecule has 1 aromatic heterocycles. The third-order valence-electron chi connectivity index (χ3n) is 10.5. The van der Waals surface area contributed by atoms with Crippen molar-refractivity contribution >= 4 is 11.9 Å². The predicted octanol–water partition coefficient (Wildman–Crippen LogP) is 7.96. The molecule has 0 unspecified atom stereocenters. The molecule has 1 aliphatic carbocycles. The van der Waals surface area contributed by atoms with E-state index in [1.54, 1.807) is 0 Å². The maximum atomic E-state index is 6.84. The number of aromatic nitrogens is 3. The second kappa shape index (κ2) is 14.2. The van der Waals surface area contributed by atoms with E-state index in [-0.39, 0.29) is 38.9 Å². The Labute approximate surface area is 284 Å². The summed E-state index contributed by atoms with van der Waals surface area (Å²) in [6.45, 7) is 34.2. The molecule has 0 atom stereocenters. The number of hydrogen-bond acceptors (Lipinski definition) is 8. The van der Waals surface area contributed by atoms with E-state index in [1.165, 1.54) is 32.1 Å². The SMILES string of the molecule is Cc1nc(NC(C)(C)CC(C)(C)C)nc(N(CCCCCCN(C)C2CC(C)(C)NC(C)(C)C2)C2CC(C)(C)C(N)C(C)(C)C2)n1. The lowest BCUT2D eigenvalue weighted by molar-refractivity contribution is 0.0596. The van der Waals surface area contributed by atoms with Crippen LogP contribution in [0.4, 0.5) is 11.9 Å². The number of nitrogens with two attached hydrogens (primary N) is 1. The monoisotopic (exact) mass is 643 g/mol. The molecule has 3 rings (SSSR count). The molecule has 1 aromatic rings. The Bertz CT molecular complexity index is 1100. The van der Waals surface area contributed by atoms with Crippen LogP contribution in [-0.4, -0.2) is 74.7 Å². The number of aryl methyl sites for hydroxylation is 1. The molecule has 2 heterocycles. The molecule has 0 aromatic carbocycles. The second-order valence-corrected chi connectivity index (χ2v) is 19.8. The molecule has 1 aliphatic heterocycles. The first-order valence-corrected chi connectivity index (χ1v) is 18.3. The summed E-state index contributed by atoms with van der Waals surface area (Å²) in [7, 11) is 2.33. The fraction of sp³-hybridized carbons (Fsp3) is 0.921. The van der Waals surface area contributed by atoms with Crippen molar-refractivity contribution in [3.05, 3.63) is 5.82 Å². The van der Waals surface area contributed by atoms with E-state index in [0.29, 0.717) is 18.0 Å². The highest BCUT2D eigenvalue weighted by molar-refractivity contribution is 5.40. The third-order valence-corrected chi connectivity index (χ3v) is 10.5. The smallest absolute Gasteiger partial charge is 0.230 e. The molecule has 2 fully saturated rings. The van der Waals surface area contributed by atoms with Gasteiger partial charge in [0.1, 0.15) is 5.82 Å². The Hall–Kier alpha value is -1.51. The largest absolute Gasteiger partial charge is 0.349 e. The molecule has 1 saturated heterocycles. The summed E-state index contributed by atoms with van der Waals surface area (Å²) in [4.78, 5) is 19.9. The van der Waals surface area contributed by atoms with Crippen molar-refractivity contribution in [2.75, 3.05) is 30.4 Å². The Morgan fingerprint density at radius 1 is 0.761 bits per heavy atom. The summed E-state index contributed by atoms with van der Waals surface area (Å²) in [5.74, 6) is 2.26. The molecule has 1 saturated carbocycles. The second-order valence-electron chi connectivity index (χ2n) is 19.8. The normalized spacial score (nSPS) is 24.6. The molecule has 0 amide bonds. The van der Waals surface area contributed by atoms with Crippen LogP contribution in [-0.2, 0) is 0 Å². The van der Waals surface area contributed by atoms with Gasteiger partial charge < -0.3 is 26.2 Å². The van der Waals surface area contributed by atoms with Gasteiger partial charge in [-0.1, -0.05) is 61.3 Å². The van der Waals surface area contributed by atoms with E-state index in [4.69, 9.17) is 20.7 Å². The first-order valence-electron chi connectivity index (χ1n) is 18.3. The third kappa shape index (κ3) is 11.3. The van der Waals surface area contributed by atoms with Crippen molar-refractivity contribution < 1.29 is 0 Å². The minimum Gasteiger partial charge on any atom is -0.349 e. The Kier molecular flexibility index (Phi) is 12.0. The fourth-order valence-corrected chi connectivity index (χ4v) is 9.35. The van der Waals surface area contributed by atoms with Gasteiger partial charge in [-0.15, -0.1) is 0 Å². The minimum atomic E-state index is -0.136. The van der Waals surface area contributed by atoms with Crippen LogP contribution in [0.1, 0.15) is 154 Å². The Balaban J connectivity index is 1.71. The summed E-state index contributed by atoms with van der Waals surface area (Å²) < 4.78 is 0. The lowest BCUT2D eigenvalue weighted by Gasteiger charge is -2.53. The molecular weight excluding hydrogens is 568 g/mol. The van der Waals surface area contributed by atoms with E-state index in [2.05, 4.69) is 117 Å². The first kappa shape index (κ1) is 38.9. The zero-order valence-electron chi connectivity index (χ0n) is 32.8. The number of unbranched alkanes of at least 4 members (excludes halogenated alkanes) is 3. The summed E-state index contributed by atoms with van der Waals surface area (Å²) in [6, 6.07) is 1.12. The molecule has 2 aliphatic rings. The quantitative estimate of drug-likeness (QED) is 0.187.